The Hall–Kier alpha value is -4.46. The molecule has 3 amide bonds. The van der Waals surface area contributed by atoms with Gasteiger partial charge in [-0.3, -0.25) is 4.79 Å². The molecule has 0 unspecified atom stereocenters. The first-order valence-electron chi connectivity index (χ1n) is 11.1. The van der Waals surface area contributed by atoms with Gasteiger partial charge in [0.05, 0.1) is 25.8 Å². The summed E-state index contributed by atoms with van der Waals surface area (Å²) in [7, 11) is 3.13. The summed E-state index contributed by atoms with van der Waals surface area (Å²) < 4.78 is 16.7. The highest BCUT2D eigenvalue weighted by Crippen LogP contribution is 2.35. The van der Waals surface area contributed by atoms with Gasteiger partial charge in [-0.2, -0.15) is 0 Å². The molecule has 8 nitrogen and oxygen atoms in total. The summed E-state index contributed by atoms with van der Waals surface area (Å²) in [5.41, 5.74) is 3.17. The second kappa shape index (κ2) is 10.6. The number of hydrogen-bond acceptors (Lipinski definition) is 5. The van der Waals surface area contributed by atoms with Crippen LogP contribution in [0.2, 0.25) is 0 Å². The number of carbonyl (C=O) groups is 2. The van der Waals surface area contributed by atoms with Crippen LogP contribution in [-0.4, -0.2) is 26.2 Å². The molecule has 0 aromatic heterocycles. The number of allylic oxidation sites excluding steroid dienone is 1. The molecule has 1 atom stereocenters. The van der Waals surface area contributed by atoms with Crippen LogP contribution in [0, 0.1) is 0 Å². The molecule has 4 rings (SSSR count). The zero-order chi connectivity index (χ0) is 24.8. The normalized spacial score (nSPS) is 15.1. The van der Waals surface area contributed by atoms with E-state index in [2.05, 4.69) is 16.0 Å². The highest BCUT2D eigenvalue weighted by atomic mass is 16.5. The van der Waals surface area contributed by atoms with Crippen LogP contribution >= 0.6 is 0 Å². The maximum absolute atomic E-state index is 13.3. The second-order valence-electron chi connectivity index (χ2n) is 7.94. The Morgan fingerprint density at radius 3 is 2.37 bits per heavy atom. The van der Waals surface area contributed by atoms with Crippen LogP contribution < -0.4 is 30.2 Å². The Morgan fingerprint density at radius 1 is 0.943 bits per heavy atom. The fourth-order valence-corrected chi connectivity index (χ4v) is 3.84. The molecule has 3 N–H and O–H groups in total. The Bertz CT molecular complexity index is 1240. The van der Waals surface area contributed by atoms with E-state index < -0.39 is 12.1 Å². The number of benzene rings is 3. The van der Waals surface area contributed by atoms with Crippen LogP contribution in [0.1, 0.15) is 24.1 Å². The van der Waals surface area contributed by atoms with Gasteiger partial charge in [-0.05, 0) is 54.4 Å². The lowest BCUT2D eigenvalue weighted by Crippen LogP contribution is -2.45. The molecule has 1 aliphatic rings. The third kappa shape index (κ3) is 5.55. The molecule has 0 spiro atoms. The van der Waals surface area contributed by atoms with E-state index in [-0.39, 0.29) is 5.91 Å². The Kier molecular flexibility index (Phi) is 7.21. The van der Waals surface area contributed by atoms with Crippen molar-refractivity contribution in [3.05, 3.63) is 95.2 Å². The Labute approximate surface area is 203 Å². The first-order chi connectivity index (χ1) is 17.0. The van der Waals surface area contributed by atoms with Crippen LogP contribution in [0.5, 0.6) is 17.2 Å². The topological polar surface area (TPSA) is 97.9 Å². The molecule has 180 valence electrons. The fourth-order valence-electron chi connectivity index (χ4n) is 3.84. The van der Waals surface area contributed by atoms with Crippen molar-refractivity contribution in [2.45, 2.75) is 19.6 Å². The first kappa shape index (κ1) is 23.7. The minimum absolute atomic E-state index is 0.339. The zero-order valence-electron chi connectivity index (χ0n) is 19.8. The Morgan fingerprint density at radius 2 is 1.69 bits per heavy atom. The van der Waals surface area contributed by atoms with Gasteiger partial charge in [0.15, 0.2) is 11.5 Å². The molecule has 0 aliphatic carbocycles. The monoisotopic (exact) mass is 473 g/mol. The van der Waals surface area contributed by atoms with E-state index in [1.807, 2.05) is 36.4 Å². The summed E-state index contributed by atoms with van der Waals surface area (Å²) >= 11 is 0. The zero-order valence-corrected chi connectivity index (χ0v) is 19.8. The molecule has 1 aliphatic heterocycles. The smallest absolute Gasteiger partial charge is 0.319 e. The van der Waals surface area contributed by atoms with Crippen molar-refractivity contribution in [2.75, 3.05) is 19.5 Å². The molecule has 0 saturated heterocycles. The molecule has 0 radical (unpaired) electrons. The number of ether oxygens (including phenoxy) is 3. The van der Waals surface area contributed by atoms with Crippen molar-refractivity contribution in [1.82, 2.24) is 10.6 Å². The minimum Gasteiger partial charge on any atom is -0.497 e. The molecular formula is C27H27N3O5. The van der Waals surface area contributed by atoms with Gasteiger partial charge in [-0.15, -0.1) is 0 Å². The van der Waals surface area contributed by atoms with Crippen LogP contribution in [0.4, 0.5) is 10.5 Å². The van der Waals surface area contributed by atoms with E-state index in [0.717, 1.165) is 5.56 Å². The lowest BCUT2D eigenvalue weighted by Gasteiger charge is -2.29. The molecule has 3 aromatic carbocycles. The molecular weight excluding hydrogens is 446 g/mol. The van der Waals surface area contributed by atoms with Crippen molar-refractivity contribution >= 4 is 17.6 Å². The van der Waals surface area contributed by atoms with Crippen molar-refractivity contribution < 1.29 is 23.8 Å². The molecule has 0 bridgehead atoms. The summed E-state index contributed by atoms with van der Waals surface area (Å²) in [6.45, 7) is 2.08. The maximum Gasteiger partial charge on any atom is 0.319 e. The van der Waals surface area contributed by atoms with E-state index >= 15 is 0 Å². The number of hydrogen-bond donors (Lipinski definition) is 3. The largest absolute Gasteiger partial charge is 0.497 e. The standard InChI is InChI=1S/C27H27N3O5/c1-17-24(26(31)29-20-10-12-21(33-2)13-11-20)25(30-27(32)28-17)19-9-14-22(23(15-19)34-3)35-16-18-7-5-4-6-8-18/h4-15,25H,16H2,1-3H3,(H,29,31)(H2,28,30,32)/t25-/m0/s1. The number of nitrogens with one attached hydrogen (secondary N) is 3. The predicted molar refractivity (Wildman–Crippen MR) is 133 cm³/mol. The number of amides is 3. The molecule has 8 heteroatoms. The lowest BCUT2D eigenvalue weighted by molar-refractivity contribution is -0.113. The SMILES string of the molecule is COc1ccc(NC(=O)C2=C(C)NC(=O)N[C@H]2c2ccc(OCc3ccccc3)c(OC)c2)cc1. The minimum atomic E-state index is -0.681. The molecule has 1 heterocycles. The molecule has 3 aromatic rings. The van der Waals surface area contributed by atoms with E-state index in [1.54, 1.807) is 57.5 Å². The summed E-state index contributed by atoms with van der Waals surface area (Å²) in [5, 5.41) is 8.41. The van der Waals surface area contributed by atoms with E-state index in [9.17, 15) is 9.59 Å². The van der Waals surface area contributed by atoms with Gasteiger partial charge in [-0.25, -0.2) is 4.79 Å². The third-order valence-electron chi connectivity index (χ3n) is 5.62. The van der Waals surface area contributed by atoms with Gasteiger partial charge in [0, 0.05) is 11.4 Å². The van der Waals surface area contributed by atoms with Gasteiger partial charge >= 0.3 is 6.03 Å². The van der Waals surface area contributed by atoms with Crippen molar-refractivity contribution in [3.63, 3.8) is 0 Å². The van der Waals surface area contributed by atoms with Crippen LogP contribution in [-0.2, 0) is 11.4 Å². The second-order valence-corrected chi connectivity index (χ2v) is 7.94. The average molecular weight is 474 g/mol. The fraction of sp³-hybridized carbons (Fsp3) is 0.185. The third-order valence-corrected chi connectivity index (χ3v) is 5.62. The number of carbonyl (C=O) groups excluding carboxylic acids is 2. The first-order valence-corrected chi connectivity index (χ1v) is 11.1. The van der Waals surface area contributed by atoms with E-state index in [1.165, 1.54) is 0 Å². The summed E-state index contributed by atoms with van der Waals surface area (Å²) in [6, 6.07) is 21.1. The highest BCUT2D eigenvalue weighted by Gasteiger charge is 2.32. The van der Waals surface area contributed by atoms with Crippen LogP contribution in [0.15, 0.2) is 84.1 Å². The lowest BCUT2D eigenvalue weighted by atomic mass is 9.94. The van der Waals surface area contributed by atoms with Crippen LogP contribution in [0.3, 0.4) is 0 Å². The number of methoxy groups -OCH3 is 2. The van der Waals surface area contributed by atoms with E-state index in [4.69, 9.17) is 14.2 Å². The Balaban J connectivity index is 1.58. The average Bonchev–Trinajstić information content (AvgIpc) is 2.87. The van der Waals surface area contributed by atoms with Crippen molar-refractivity contribution in [3.8, 4) is 17.2 Å². The van der Waals surface area contributed by atoms with Gasteiger partial charge in [0.1, 0.15) is 12.4 Å². The predicted octanol–water partition coefficient (Wildman–Crippen LogP) is 4.55. The molecule has 0 saturated carbocycles. The number of anilines is 1. The van der Waals surface area contributed by atoms with Gasteiger partial charge in [-0.1, -0.05) is 36.4 Å². The van der Waals surface area contributed by atoms with Gasteiger partial charge in [0.25, 0.3) is 5.91 Å². The quantitative estimate of drug-likeness (QED) is 0.446. The maximum atomic E-state index is 13.3. The number of rotatable bonds is 8. The van der Waals surface area contributed by atoms with Crippen molar-refractivity contribution in [2.24, 2.45) is 0 Å². The summed E-state index contributed by atoms with van der Waals surface area (Å²) in [4.78, 5) is 25.5. The van der Waals surface area contributed by atoms with Gasteiger partial charge in [0.2, 0.25) is 0 Å². The van der Waals surface area contributed by atoms with Crippen molar-refractivity contribution in [1.29, 1.82) is 0 Å². The summed E-state index contributed by atoms with van der Waals surface area (Å²) in [6.07, 6.45) is 0. The molecule has 35 heavy (non-hydrogen) atoms. The highest BCUT2D eigenvalue weighted by molar-refractivity contribution is 6.06. The van der Waals surface area contributed by atoms with Gasteiger partial charge < -0.3 is 30.2 Å². The van der Waals surface area contributed by atoms with Crippen LogP contribution in [0.25, 0.3) is 0 Å². The van der Waals surface area contributed by atoms with E-state index in [0.29, 0.717) is 46.4 Å². The number of urea groups is 1. The summed E-state index contributed by atoms with van der Waals surface area (Å²) in [5.74, 6) is 1.40. The molecule has 0 fully saturated rings.